The Kier molecular flexibility index (Phi) is 4.15. The van der Waals surface area contributed by atoms with Gasteiger partial charge in [-0.25, -0.2) is 9.36 Å². The van der Waals surface area contributed by atoms with E-state index >= 15 is 0 Å². The van der Waals surface area contributed by atoms with Gasteiger partial charge < -0.3 is 9.57 Å². The lowest BCUT2D eigenvalue weighted by molar-refractivity contribution is -0.144. The van der Waals surface area contributed by atoms with Gasteiger partial charge in [0, 0.05) is 13.3 Å². The number of aromatic nitrogens is 6. The maximum atomic E-state index is 11.1. The quantitative estimate of drug-likeness (QED) is 0.478. The highest BCUT2D eigenvalue weighted by atomic mass is 16.7. The third kappa shape index (κ3) is 3.08. The summed E-state index contributed by atoms with van der Waals surface area (Å²) in [6.07, 6.45) is -0.418. The Morgan fingerprint density at radius 2 is 1.66 bits per heavy atom. The monoisotopic (exact) mass is 391 g/mol. The van der Waals surface area contributed by atoms with Gasteiger partial charge in [-0.15, -0.1) is 10.2 Å². The number of para-hydroxylation sites is 2. The molecular weight excluding hydrogens is 374 g/mol. The van der Waals surface area contributed by atoms with Crippen LogP contribution < -0.4 is 0 Å². The lowest BCUT2D eigenvalue weighted by Gasteiger charge is -2.18. The normalized spacial score (nSPS) is 16.3. The van der Waals surface area contributed by atoms with Crippen LogP contribution in [0.5, 0.6) is 0 Å². The molecule has 5 rings (SSSR count). The van der Waals surface area contributed by atoms with Crippen LogP contribution in [0.4, 0.5) is 0 Å². The van der Waals surface area contributed by atoms with Crippen LogP contribution in [0, 0.1) is 0 Å². The smallest absolute Gasteiger partial charge is 0.302 e. The fourth-order valence-corrected chi connectivity index (χ4v) is 3.42. The van der Waals surface area contributed by atoms with Crippen molar-refractivity contribution in [3.05, 3.63) is 48.5 Å². The van der Waals surface area contributed by atoms with Crippen LogP contribution in [-0.4, -0.2) is 54.4 Å². The van der Waals surface area contributed by atoms with E-state index in [1.54, 1.807) is 9.36 Å². The molecule has 1 atom stereocenters. The number of hydrogen-bond donors (Lipinski definition) is 0. The van der Waals surface area contributed by atoms with Crippen molar-refractivity contribution in [3.8, 4) is 0 Å². The number of rotatable bonds is 5. The number of esters is 1. The number of ether oxygens (including phenoxy) is 1. The lowest BCUT2D eigenvalue weighted by atomic mass is 10.1. The minimum Gasteiger partial charge on any atom is -0.462 e. The Labute approximate surface area is 164 Å². The van der Waals surface area contributed by atoms with Gasteiger partial charge in [0.25, 0.3) is 0 Å². The summed E-state index contributed by atoms with van der Waals surface area (Å²) in [4.78, 5) is 16.6. The average Bonchev–Trinajstić information content (AvgIpc) is 3.47. The van der Waals surface area contributed by atoms with Crippen LogP contribution >= 0.6 is 0 Å². The largest absolute Gasteiger partial charge is 0.462 e. The highest BCUT2D eigenvalue weighted by molar-refractivity contribution is 5.91. The van der Waals surface area contributed by atoms with E-state index in [0.29, 0.717) is 12.1 Å². The Morgan fingerprint density at radius 1 is 1.07 bits per heavy atom. The molecule has 1 aliphatic heterocycles. The fourth-order valence-electron chi connectivity index (χ4n) is 3.42. The first-order valence-corrected chi connectivity index (χ1v) is 9.16. The molecule has 2 aromatic carbocycles. The zero-order valence-electron chi connectivity index (χ0n) is 15.5. The molecule has 0 N–H and O–H groups in total. The second kappa shape index (κ2) is 6.97. The number of fused-ring (bicyclic) bond motifs is 2. The maximum Gasteiger partial charge on any atom is 0.302 e. The molecule has 1 aliphatic rings. The van der Waals surface area contributed by atoms with Crippen LogP contribution in [-0.2, 0) is 14.4 Å². The summed E-state index contributed by atoms with van der Waals surface area (Å²) in [6.45, 7) is 1.49. The van der Waals surface area contributed by atoms with E-state index in [2.05, 4.69) is 25.8 Å². The van der Waals surface area contributed by atoms with Crippen LogP contribution in [0.25, 0.3) is 22.1 Å². The molecule has 10 heteroatoms. The van der Waals surface area contributed by atoms with Crippen molar-refractivity contribution in [1.82, 2.24) is 30.0 Å². The molecule has 0 radical (unpaired) electrons. The van der Waals surface area contributed by atoms with Crippen molar-refractivity contribution in [2.75, 3.05) is 6.61 Å². The van der Waals surface area contributed by atoms with Crippen molar-refractivity contribution in [1.29, 1.82) is 0 Å². The molecule has 29 heavy (non-hydrogen) atoms. The Hall–Kier alpha value is -3.82. The van der Waals surface area contributed by atoms with Gasteiger partial charge in [-0.2, -0.15) is 0 Å². The topological polar surface area (TPSA) is 109 Å². The third-order valence-electron chi connectivity index (χ3n) is 4.74. The van der Waals surface area contributed by atoms with Gasteiger partial charge in [-0.1, -0.05) is 39.8 Å². The highest BCUT2D eigenvalue weighted by Gasteiger charge is 2.33. The van der Waals surface area contributed by atoms with Crippen LogP contribution in [0.3, 0.4) is 0 Å². The van der Waals surface area contributed by atoms with Crippen molar-refractivity contribution in [3.63, 3.8) is 0 Å². The summed E-state index contributed by atoms with van der Waals surface area (Å²) in [6, 6.07) is 15.3. The molecule has 0 aliphatic carbocycles. The molecule has 3 heterocycles. The average molecular weight is 391 g/mol. The standard InChI is InChI=1S/C19H17N7O3/c1-12(27)28-11-13-10-16(22-29-13)19(25-17-8-4-2-6-14(17)20-23-25)26-18-9-5-3-7-15(18)21-24-26/h2-9,13,19H,10-11H2,1H3. The van der Waals surface area contributed by atoms with Gasteiger partial charge in [-0.3, -0.25) is 4.79 Å². The number of hydrogen-bond acceptors (Lipinski definition) is 8. The number of oxime groups is 1. The van der Waals surface area contributed by atoms with Gasteiger partial charge in [0.1, 0.15) is 23.4 Å². The molecule has 0 saturated carbocycles. The molecule has 0 spiro atoms. The summed E-state index contributed by atoms with van der Waals surface area (Å²) in [5, 5.41) is 21.5. The molecule has 146 valence electrons. The third-order valence-corrected chi connectivity index (χ3v) is 4.74. The molecular formula is C19H17N7O3. The number of carbonyl (C=O) groups is 1. The van der Waals surface area contributed by atoms with Crippen molar-refractivity contribution in [2.45, 2.75) is 25.6 Å². The second-order valence-corrected chi connectivity index (χ2v) is 6.74. The van der Waals surface area contributed by atoms with Crippen LogP contribution in [0.15, 0.2) is 53.7 Å². The fraction of sp³-hybridized carbons (Fsp3) is 0.263. The zero-order valence-corrected chi connectivity index (χ0v) is 15.5. The Morgan fingerprint density at radius 3 is 2.24 bits per heavy atom. The molecule has 0 amide bonds. The van der Waals surface area contributed by atoms with Gasteiger partial charge in [-0.05, 0) is 24.3 Å². The molecule has 0 fully saturated rings. The lowest BCUT2D eigenvalue weighted by Crippen LogP contribution is -2.29. The van der Waals surface area contributed by atoms with Gasteiger partial charge in [0.15, 0.2) is 12.3 Å². The molecule has 1 unspecified atom stereocenters. The van der Waals surface area contributed by atoms with Crippen molar-refractivity contribution in [2.24, 2.45) is 5.16 Å². The first kappa shape index (κ1) is 17.3. The van der Waals surface area contributed by atoms with Gasteiger partial charge in [0.2, 0.25) is 0 Å². The summed E-state index contributed by atoms with van der Waals surface area (Å²) in [7, 11) is 0. The van der Waals surface area contributed by atoms with E-state index in [1.165, 1.54) is 6.92 Å². The predicted octanol–water partition coefficient (Wildman–Crippen LogP) is 1.93. The maximum absolute atomic E-state index is 11.1. The molecule has 4 aromatic rings. The Bertz CT molecular complexity index is 1150. The first-order valence-electron chi connectivity index (χ1n) is 9.16. The van der Waals surface area contributed by atoms with E-state index < -0.39 is 6.17 Å². The molecule has 0 bridgehead atoms. The summed E-state index contributed by atoms with van der Waals surface area (Å²) >= 11 is 0. The predicted molar refractivity (Wildman–Crippen MR) is 103 cm³/mol. The second-order valence-electron chi connectivity index (χ2n) is 6.74. The van der Waals surface area contributed by atoms with E-state index in [-0.39, 0.29) is 18.7 Å². The van der Waals surface area contributed by atoms with Crippen LogP contribution in [0.1, 0.15) is 19.5 Å². The molecule has 10 nitrogen and oxygen atoms in total. The van der Waals surface area contributed by atoms with Crippen molar-refractivity contribution < 1.29 is 14.4 Å². The summed E-state index contributed by atoms with van der Waals surface area (Å²) in [5.41, 5.74) is 3.88. The highest BCUT2D eigenvalue weighted by Crippen LogP contribution is 2.27. The van der Waals surface area contributed by atoms with E-state index in [0.717, 1.165) is 22.1 Å². The molecule has 2 aromatic heterocycles. The number of benzene rings is 2. The van der Waals surface area contributed by atoms with Crippen molar-refractivity contribution >= 4 is 33.7 Å². The SMILES string of the molecule is CC(=O)OCC1CC(C(n2nnc3ccccc32)n2nnc3ccccc32)=NO1. The van der Waals surface area contributed by atoms with E-state index in [9.17, 15) is 4.79 Å². The van der Waals surface area contributed by atoms with E-state index in [1.807, 2.05) is 48.5 Å². The number of carbonyl (C=O) groups excluding carboxylic acids is 1. The minimum atomic E-state index is -0.517. The number of nitrogens with zero attached hydrogens (tertiary/aromatic N) is 7. The van der Waals surface area contributed by atoms with Gasteiger partial charge in [0.05, 0.1) is 11.0 Å². The Balaban J connectivity index is 1.58. The van der Waals surface area contributed by atoms with Gasteiger partial charge >= 0.3 is 5.97 Å². The zero-order chi connectivity index (χ0) is 19.8. The van der Waals surface area contributed by atoms with Crippen LogP contribution in [0.2, 0.25) is 0 Å². The minimum absolute atomic E-state index is 0.130. The summed E-state index contributed by atoms with van der Waals surface area (Å²) in [5.74, 6) is -0.358. The van der Waals surface area contributed by atoms with E-state index in [4.69, 9.17) is 9.57 Å². The first-order chi connectivity index (χ1) is 14.2. The molecule has 0 saturated heterocycles. The summed E-state index contributed by atoms with van der Waals surface area (Å²) < 4.78 is 8.58.